The van der Waals surface area contributed by atoms with Crippen LogP contribution in [0.4, 0.5) is 0 Å². The van der Waals surface area contributed by atoms with E-state index in [1.807, 2.05) is 6.07 Å². The summed E-state index contributed by atoms with van der Waals surface area (Å²) < 4.78 is 17.3. The van der Waals surface area contributed by atoms with Crippen LogP contribution in [0.1, 0.15) is 56.2 Å². The van der Waals surface area contributed by atoms with Gasteiger partial charge in [-0.15, -0.1) is 0 Å². The minimum Gasteiger partial charge on any atom is -0.493 e. The maximum atomic E-state index is 12.8. The molecule has 0 aliphatic carbocycles. The first-order valence-corrected chi connectivity index (χ1v) is 10.7. The van der Waals surface area contributed by atoms with Crippen molar-refractivity contribution in [2.45, 2.75) is 39.5 Å². The number of nitrogens with zero attached hydrogens (tertiary/aromatic N) is 2. The number of benzene rings is 2. The smallest absolute Gasteiger partial charge is 0.345 e. The molecule has 7 heteroatoms. The molecule has 0 saturated carbocycles. The van der Waals surface area contributed by atoms with Crippen LogP contribution in [0.25, 0.3) is 11.0 Å². The van der Waals surface area contributed by atoms with Gasteiger partial charge in [0, 0.05) is 17.7 Å². The van der Waals surface area contributed by atoms with Gasteiger partial charge in [-0.2, -0.15) is 5.26 Å². The van der Waals surface area contributed by atoms with Crippen LogP contribution < -0.4 is 15.1 Å². The molecule has 0 bridgehead atoms. The fraction of sp³-hybridized carbons (Fsp3) is 0.320. The second kappa shape index (κ2) is 11.0. The molecule has 1 N–H and O–H groups in total. The largest absolute Gasteiger partial charge is 0.493 e. The first-order valence-electron chi connectivity index (χ1n) is 10.7. The van der Waals surface area contributed by atoms with Gasteiger partial charge >= 0.3 is 5.63 Å². The van der Waals surface area contributed by atoms with Crippen LogP contribution in [-0.4, -0.2) is 24.1 Å². The Morgan fingerprint density at radius 2 is 1.75 bits per heavy atom. The van der Waals surface area contributed by atoms with E-state index in [9.17, 15) is 10.0 Å². The molecule has 7 nitrogen and oxygen atoms in total. The Labute approximate surface area is 186 Å². The van der Waals surface area contributed by atoms with E-state index >= 15 is 0 Å². The lowest BCUT2D eigenvalue weighted by Crippen LogP contribution is -2.16. The lowest BCUT2D eigenvalue weighted by atomic mass is 10.0. The Kier molecular flexibility index (Phi) is 7.87. The van der Waals surface area contributed by atoms with Gasteiger partial charge in [-0.05, 0) is 31.0 Å². The third-order valence-electron chi connectivity index (χ3n) is 4.95. The molecule has 32 heavy (non-hydrogen) atoms. The van der Waals surface area contributed by atoms with Crippen molar-refractivity contribution in [3.63, 3.8) is 0 Å². The minimum atomic E-state index is -0.653. The summed E-state index contributed by atoms with van der Waals surface area (Å²) in [4.78, 5) is 12.8. The van der Waals surface area contributed by atoms with Crippen LogP contribution in [0.15, 0.2) is 56.8 Å². The molecule has 0 amide bonds. The molecule has 2 aromatic carbocycles. The van der Waals surface area contributed by atoms with E-state index in [0.29, 0.717) is 46.8 Å². The van der Waals surface area contributed by atoms with Crippen LogP contribution in [0.2, 0.25) is 0 Å². The maximum Gasteiger partial charge on any atom is 0.345 e. The van der Waals surface area contributed by atoms with Gasteiger partial charge in [0.1, 0.15) is 22.8 Å². The van der Waals surface area contributed by atoms with Crippen LogP contribution in [0, 0.1) is 11.3 Å². The van der Waals surface area contributed by atoms with Crippen LogP contribution in [0.5, 0.6) is 11.5 Å². The van der Waals surface area contributed by atoms with Gasteiger partial charge in [0.2, 0.25) is 0 Å². The van der Waals surface area contributed by atoms with Crippen LogP contribution in [0.3, 0.4) is 0 Å². The number of hydrogen-bond donors (Lipinski definition) is 1. The van der Waals surface area contributed by atoms with Crippen molar-refractivity contribution >= 4 is 16.7 Å². The SMILES string of the molecule is CCCCOc1cc(OCCCC)c2cc(/C(=N/O)c3ccc(C#N)cc3)c(=O)oc2c1. The Bertz CT molecular complexity index is 1190. The van der Waals surface area contributed by atoms with Crippen molar-refractivity contribution in [3.05, 3.63) is 69.6 Å². The lowest BCUT2D eigenvalue weighted by molar-refractivity contribution is 0.296. The van der Waals surface area contributed by atoms with Gasteiger partial charge in [-0.1, -0.05) is 44.0 Å². The molecule has 0 unspecified atom stereocenters. The van der Waals surface area contributed by atoms with Crippen molar-refractivity contribution in [1.29, 1.82) is 5.26 Å². The summed E-state index contributed by atoms with van der Waals surface area (Å²) in [5.41, 5.74) is 0.749. The summed E-state index contributed by atoms with van der Waals surface area (Å²) in [7, 11) is 0. The van der Waals surface area contributed by atoms with Gasteiger partial charge in [-0.3, -0.25) is 0 Å². The number of unbranched alkanes of at least 4 members (excludes halogenated alkanes) is 2. The minimum absolute atomic E-state index is 0.0490. The molecule has 0 spiro atoms. The molecular weight excluding hydrogens is 408 g/mol. The summed E-state index contributed by atoms with van der Waals surface area (Å²) >= 11 is 0. The molecule has 0 aliphatic heterocycles. The second-order valence-corrected chi connectivity index (χ2v) is 7.32. The van der Waals surface area contributed by atoms with Gasteiger partial charge in [0.15, 0.2) is 0 Å². The van der Waals surface area contributed by atoms with Crippen molar-refractivity contribution in [2.24, 2.45) is 5.16 Å². The zero-order chi connectivity index (χ0) is 22.9. The van der Waals surface area contributed by atoms with E-state index in [2.05, 4.69) is 19.0 Å². The normalized spacial score (nSPS) is 11.3. The first-order chi connectivity index (χ1) is 15.6. The summed E-state index contributed by atoms with van der Waals surface area (Å²) in [6.07, 6.45) is 3.77. The van der Waals surface area contributed by atoms with E-state index in [0.717, 1.165) is 25.7 Å². The molecular formula is C25H26N2O5. The van der Waals surface area contributed by atoms with Gasteiger partial charge in [-0.25, -0.2) is 4.79 Å². The molecule has 3 aromatic rings. The molecule has 0 aliphatic rings. The van der Waals surface area contributed by atoms with Gasteiger partial charge in [0.05, 0.1) is 35.8 Å². The monoisotopic (exact) mass is 434 g/mol. The van der Waals surface area contributed by atoms with E-state index in [1.165, 1.54) is 0 Å². The highest BCUT2D eigenvalue weighted by atomic mass is 16.5. The summed E-state index contributed by atoms with van der Waals surface area (Å²) in [5, 5.41) is 22.6. The number of fused-ring (bicyclic) bond motifs is 1. The van der Waals surface area contributed by atoms with E-state index < -0.39 is 5.63 Å². The molecule has 166 valence electrons. The number of hydrogen-bond acceptors (Lipinski definition) is 7. The number of rotatable bonds is 10. The average Bonchev–Trinajstić information content (AvgIpc) is 2.81. The third kappa shape index (κ3) is 5.27. The molecule has 1 heterocycles. The van der Waals surface area contributed by atoms with Crippen molar-refractivity contribution in [3.8, 4) is 17.6 Å². The summed E-state index contributed by atoms with van der Waals surface area (Å²) in [6.45, 7) is 5.22. The maximum absolute atomic E-state index is 12.8. The van der Waals surface area contributed by atoms with E-state index in [4.69, 9.17) is 19.2 Å². The predicted molar refractivity (Wildman–Crippen MR) is 122 cm³/mol. The van der Waals surface area contributed by atoms with Crippen LogP contribution >= 0.6 is 0 Å². The third-order valence-corrected chi connectivity index (χ3v) is 4.95. The summed E-state index contributed by atoms with van der Waals surface area (Å²) in [6, 6.07) is 13.5. The molecule has 0 radical (unpaired) electrons. The highest BCUT2D eigenvalue weighted by Gasteiger charge is 2.18. The standard InChI is InChI=1S/C25H26N2O5/c1-3-5-11-30-19-13-22(31-12-6-4-2)20-15-21(25(28)32-23(20)14-19)24(27-29)18-9-7-17(16-26)8-10-18/h7-10,13-15,29H,3-6,11-12H2,1-2H3/b27-24+. The fourth-order valence-corrected chi connectivity index (χ4v) is 3.16. The average molecular weight is 434 g/mol. The molecule has 0 atom stereocenters. The highest BCUT2D eigenvalue weighted by Crippen LogP contribution is 2.32. The fourth-order valence-electron chi connectivity index (χ4n) is 3.16. The Morgan fingerprint density at radius 3 is 2.38 bits per heavy atom. The molecule has 0 saturated heterocycles. The van der Waals surface area contributed by atoms with Gasteiger partial charge in [0.25, 0.3) is 0 Å². The number of ether oxygens (including phenoxy) is 2. The van der Waals surface area contributed by atoms with E-state index in [1.54, 1.807) is 42.5 Å². The Morgan fingerprint density at radius 1 is 1.06 bits per heavy atom. The molecule has 0 fully saturated rings. The topological polar surface area (TPSA) is 105 Å². The Hall–Kier alpha value is -3.79. The second-order valence-electron chi connectivity index (χ2n) is 7.32. The first kappa shape index (κ1) is 22.9. The molecule has 1 aromatic heterocycles. The molecule has 3 rings (SSSR count). The summed E-state index contributed by atoms with van der Waals surface area (Å²) in [5.74, 6) is 1.10. The number of nitriles is 1. The zero-order valence-electron chi connectivity index (χ0n) is 18.3. The van der Waals surface area contributed by atoms with Gasteiger partial charge < -0.3 is 19.1 Å². The Balaban J connectivity index is 2.08. The highest BCUT2D eigenvalue weighted by molar-refractivity contribution is 6.13. The lowest BCUT2D eigenvalue weighted by Gasteiger charge is -2.13. The van der Waals surface area contributed by atoms with Crippen LogP contribution in [-0.2, 0) is 0 Å². The quantitative estimate of drug-likeness (QED) is 0.154. The predicted octanol–water partition coefficient (Wildman–Crippen LogP) is 5.25. The number of oxime groups is 1. The van der Waals surface area contributed by atoms with Crippen molar-refractivity contribution < 1.29 is 19.1 Å². The van der Waals surface area contributed by atoms with Crippen molar-refractivity contribution in [1.82, 2.24) is 0 Å². The zero-order valence-corrected chi connectivity index (χ0v) is 18.3. The van der Waals surface area contributed by atoms with Crippen molar-refractivity contribution in [2.75, 3.05) is 13.2 Å². The van der Waals surface area contributed by atoms with E-state index in [-0.39, 0.29) is 11.3 Å².